The summed E-state index contributed by atoms with van der Waals surface area (Å²) in [6.45, 7) is 3.37. The van der Waals surface area contributed by atoms with E-state index in [9.17, 15) is 19.2 Å². The summed E-state index contributed by atoms with van der Waals surface area (Å²) >= 11 is 0. The second kappa shape index (κ2) is 34.2. The number of carbonyl (C=O) groups excluding carboxylic acids is 4. The van der Waals surface area contributed by atoms with Crippen molar-refractivity contribution in [3.63, 3.8) is 0 Å². The number of ether oxygens (including phenoxy) is 4. The fourth-order valence-electron chi connectivity index (χ4n) is 12.5. The van der Waals surface area contributed by atoms with Crippen LogP contribution in [0.1, 0.15) is 104 Å². The number of carbonyl (C=O) groups is 4. The third kappa shape index (κ3) is 18.3. The summed E-state index contributed by atoms with van der Waals surface area (Å²) in [5, 5.41) is 38.2. The molecule has 0 spiro atoms. The van der Waals surface area contributed by atoms with E-state index in [2.05, 4.69) is 76.5 Å². The fraction of sp³-hybridized carbons (Fsp3) is 0.289. The van der Waals surface area contributed by atoms with E-state index >= 15 is 0 Å². The summed E-state index contributed by atoms with van der Waals surface area (Å²) in [5.74, 6) is 0.381. The van der Waals surface area contributed by atoms with E-state index in [1.165, 1.54) is 14.2 Å². The van der Waals surface area contributed by atoms with Crippen molar-refractivity contribution in [3.05, 3.63) is 298 Å². The van der Waals surface area contributed by atoms with Crippen molar-refractivity contribution in [2.45, 2.75) is 99.8 Å². The molecular formula is C76H80N12O8. The molecule has 2 aliphatic heterocycles. The van der Waals surface area contributed by atoms with E-state index in [-0.39, 0.29) is 48.7 Å². The van der Waals surface area contributed by atoms with Crippen LogP contribution in [0.3, 0.4) is 0 Å². The van der Waals surface area contributed by atoms with Crippen LogP contribution in [-0.4, -0.2) is 129 Å². The van der Waals surface area contributed by atoms with E-state index in [0.29, 0.717) is 45.2 Å². The first kappa shape index (κ1) is 67.1. The SMILES string of the molecule is COC(=O)N[C@H](C(=O)Cc1ccccc1CC[C@@H]1CN[C@H](c2nnn(Cc3ccccc3)n2)CO1)C(c1ccccc1)c1ccccc1.COC(=O)N[C@H](C(=O)Cc1ccccc1CC[C@@H]1CN[C@H](c2nnnn2Cc2ccccc2)CO1)C(c1ccccc1)c1ccccc1. The topological polar surface area (TPSA) is 241 Å². The fourth-order valence-corrected chi connectivity index (χ4v) is 12.5. The zero-order valence-corrected chi connectivity index (χ0v) is 53.9. The second-order valence-electron chi connectivity index (χ2n) is 23.9. The number of ketones is 2. The van der Waals surface area contributed by atoms with Gasteiger partial charge in [-0.25, -0.2) is 14.3 Å². The molecule has 0 radical (unpaired) electrons. The number of morpholine rings is 2. The number of nitrogens with one attached hydrogen (secondary N) is 4. The molecule has 2 aromatic heterocycles. The summed E-state index contributed by atoms with van der Waals surface area (Å²) in [6.07, 6.45) is 2.06. The molecule has 8 aromatic carbocycles. The molecule has 2 fully saturated rings. The summed E-state index contributed by atoms with van der Waals surface area (Å²) in [4.78, 5) is 55.1. The van der Waals surface area contributed by atoms with Gasteiger partial charge in [-0.15, -0.1) is 15.3 Å². The number of nitrogens with zero attached hydrogens (tertiary/aromatic N) is 8. The number of tetrazole rings is 2. The Hall–Kier alpha value is -10.4. The predicted molar refractivity (Wildman–Crippen MR) is 363 cm³/mol. The Kier molecular flexibility index (Phi) is 23.9. The second-order valence-corrected chi connectivity index (χ2v) is 23.9. The van der Waals surface area contributed by atoms with Crippen LogP contribution in [0.4, 0.5) is 9.59 Å². The number of aromatic nitrogens is 8. The lowest BCUT2D eigenvalue weighted by Crippen LogP contribution is -2.46. The van der Waals surface area contributed by atoms with Crippen LogP contribution >= 0.6 is 0 Å². The van der Waals surface area contributed by atoms with Gasteiger partial charge in [0.1, 0.15) is 12.1 Å². The van der Waals surface area contributed by atoms with Crippen molar-refractivity contribution in [2.24, 2.45) is 0 Å². The maximum absolute atomic E-state index is 14.2. The molecule has 20 heteroatoms. The van der Waals surface area contributed by atoms with Gasteiger partial charge in [0.25, 0.3) is 0 Å². The van der Waals surface area contributed by atoms with Crippen LogP contribution in [-0.2, 0) is 67.3 Å². The number of methoxy groups -OCH3 is 2. The summed E-state index contributed by atoms with van der Waals surface area (Å²) < 4.78 is 24.3. The highest BCUT2D eigenvalue weighted by Crippen LogP contribution is 2.33. The van der Waals surface area contributed by atoms with Gasteiger partial charge in [0, 0.05) is 37.8 Å². The lowest BCUT2D eigenvalue weighted by atomic mass is 9.81. The van der Waals surface area contributed by atoms with Gasteiger partial charge in [0.2, 0.25) is 0 Å². The molecule has 0 bridgehead atoms. The zero-order valence-electron chi connectivity index (χ0n) is 53.9. The average Bonchev–Trinajstić information content (AvgIpc) is 1.04. The highest BCUT2D eigenvalue weighted by atomic mass is 16.5. The number of amides is 2. The molecule has 4 N–H and O–H groups in total. The van der Waals surface area contributed by atoms with Gasteiger partial charge in [0.05, 0.1) is 64.8 Å². The summed E-state index contributed by atoms with van der Waals surface area (Å²) in [6, 6.07) is 73.4. The standard InChI is InChI=1S/2C38H40N6O4/c1-47-38(46)40-36(35(29-16-7-3-8-17-29)30-18-9-4-10-19-30)34(45)23-31-20-12-11-15-28(31)21-22-32-24-39-33(26-48-32)37-41-42-43-44(37)25-27-13-5-2-6-14-27;1-47-38(46)40-36(35(29-16-7-3-8-17-29)30-18-9-4-10-19-30)34(45)23-31-20-12-11-15-28(31)21-22-32-24-39-33(26-48-32)37-41-43-44(42-37)25-27-13-5-2-6-14-27/h2*2-20,32-33,35-36,39H,21-26H2,1H3,(H,40,46)/t2*32-,33+,36-/m11/s1. The van der Waals surface area contributed by atoms with Crippen molar-refractivity contribution in [1.82, 2.24) is 61.7 Å². The molecule has 2 saturated heterocycles. The van der Waals surface area contributed by atoms with Crippen LogP contribution in [0.15, 0.2) is 231 Å². The first-order valence-corrected chi connectivity index (χ1v) is 32.6. The molecule has 2 amide bonds. The van der Waals surface area contributed by atoms with E-state index < -0.39 is 36.1 Å². The number of alkyl carbamates (subject to hydrolysis) is 2. The molecule has 0 unspecified atom stereocenters. The Morgan fingerprint density at radius 1 is 0.479 bits per heavy atom. The number of benzene rings is 8. The van der Waals surface area contributed by atoms with Crippen LogP contribution in [0.2, 0.25) is 0 Å². The predicted octanol–water partition coefficient (Wildman–Crippen LogP) is 10.1. The maximum Gasteiger partial charge on any atom is 0.407 e. The minimum Gasteiger partial charge on any atom is -0.453 e. The Labute approximate surface area is 559 Å². The monoisotopic (exact) mass is 1290 g/mol. The molecule has 4 heterocycles. The van der Waals surface area contributed by atoms with Crippen LogP contribution in [0.5, 0.6) is 0 Å². The maximum atomic E-state index is 14.2. The van der Waals surface area contributed by atoms with E-state index in [0.717, 1.165) is 87.1 Å². The molecule has 96 heavy (non-hydrogen) atoms. The normalized spacial score (nSPS) is 16.7. The average molecular weight is 1290 g/mol. The van der Waals surface area contributed by atoms with E-state index in [1.807, 2.05) is 211 Å². The van der Waals surface area contributed by atoms with Gasteiger partial charge < -0.3 is 40.2 Å². The van der Waals surface area contributed by atoms with Crippen molar-refractivity contribution in [1.29, 1.82) is 0 Å². The number of Topliss-reactive ketones (excluding diaryl/α,β-unsaturated/α-hetero) is 2. The number of hydrogen-bond acceptors (Lipinski definition) is 16. The van der Waals surface area contributed by atoms with Crippen LogP contribution < -0.4 is 21.3 Å². The van der Waals surface area contributed by atoms with Crippen molar-refractivity contribution < 1.29 is 38.1 Å². The highest BCUT2D eigenvalue weighted by Gasteiger charge is 2.36. The molecule has 0 aliphatic carbocycles. The molecule has 2 aliphatic rings. The molecular weight excluding hydrogens is 1210 g/mol. The third-order valence-corrected chi connectivity index (χ3v) is 17.5. The van der Waals surface area contributed by atoms with Crippen molar-refractivity contribution in [2.75, 3.05) is 40.5 Å². The molecule has 12 rings (SSSR count). The minimum absolute atomic E-state index is 0.00125. The Balaban J connectivity index is 0.000000195. The quantitative estimate of drug-likeness (QED) is 0.0394. The van der Waals surface area contributed by atoms with Gasteiger partial charge in [-0.1, -0.05) is 231 Å². The molecule has 0 saturated carbocycles. The smallest absolute Gasteiger partial charge is 0.407 e. The summed E-state index contributed by atoms with van der Waals surface area (Å²) in [7, 11) is 2.62. The Bertz CT molecular complexity index is 3960. The first-order chi connectivity index (χ1) is 47.2. The molecule has 20 nitrogen and oxygen atoms in total. The number of aryl methyl sites for hydroxylation is 2. The lowest BCUT2D eigenvalue weighted by Gasteiger charge is -2.30. The van der Waals surface area contributed by atoms with Gasteiger partial charge in [-0.05, 0) is 97.0 Å². The van der Waals surface area contributed by atoms with Crippen molar-refractivity contribution in [3.8, 4) is 0 Å². The first-order valence-electron chi connectivity index (χ1n) is 32.6. The number of hydrogen-bond donors (Lipinski definition) is 4. The van der Waals surface area contributed by atoms with E-state index in [1.54, 1.807) is 4.80 Å². The molecule has 6 atom stereocenters. The Morgan fingerprint density at radius 2 is 0.865 bits per heavy atom. The summed E-state index contributed by atoms with van der Waals surface area (Å²) in [5.41, 5.74) is 9.98. The molecule has 10 aromatic rings. The van der Waals surface area contributed by atoms with Gasteiger partial charge in [-0.2, -0.15) is 4.80 Å². The van der Waals surface area contributed by atoms with Crippen LogP contribution in [0.25, 0.3) is 0 Å². The third-order valence-electron chi connectivity index (χ3n) is 17.5. The lowest BCUT2D eigenvalue weighted by molar-refractivity contribution is -0.121. The zero-order chi connectivity index (χ0) is 66.3. The number of rotatable bonds is 26. The Morgan fingerprint density at radius 3 is 1.27 bits per heavy atom. The van der Waals surface area contributed by atoms with Gasteiger partial charge in [-0.3, -0.25) is 9.59 Å². The van der Waals surface area contributed by atoms with Crippen molar-refractivity contribution >= 4 is 23.8 Å². The highest BCUT2D eigenvalue weighted by molar-refractivity contribution is 5.92. The largest absolute Gasteiger partial charge is 0.453 e. The van der Waals surface area contributed by atoms with E-state index in [4.69, 9.17) is 18.9 Å². The van der Waals surface area contributed by atoms with Crippen LogP contribution in [0, 0.1) is 0 Å². The van der Waals surface area contributed by atoms with Gasteiger partial charge in [0.15, 0.2) is 23.2 Å². The molecule has 492 valence electrons. The minimum atomic E-state index is -0.837. The van der Waals surface area contributed by atoms with Gasteiger partial charge >= 0.3 is 12.2 Å².